The van der Waals surface area contributed by atoms with Crippen LogP contribution < -0.4 is 17.1 Å². The Balaban J connectivity index is 3.40. The van der Waals surface area contributed by atoms with Crippen molar-refractivity contribution in [1.82, 2.24) is 13.7 Å². The Kier molecular flexibility index (Phi) is 10.4. The lowest BCUT2D eigenvalue weighted by molar-refractivity contribution is 0.0761. The minimum Gasteiger partial charge on any atom is -0.391 e. The molecule has 0 aliphatic heterocycles. The second-order valence-corrected chi connectivity index (χ2v) is 9.72. The lowest BCUT2D eigenvalue weighted by Gasteiger charge is -2.30. The van der Waals surface area contributed by atoms with Crippen LogP contribution in [0.25, 0.3) is 0 Å². The van der Waals surface area contributed by atoms with Crippen LogP contribution in [-0.4, -0.2) is 36.1 Å². The average Bonchev–Trinajstić information content (AvgIpc) is 2.76. The fraction of sp³-hybridized carbons (Fsp3) is 0.792. The van der Waals surface area contributed by atoms with Gasteiger partial charge >= 0.3 is 17.1 Å². The normalized spacial score (nSPS) is 14.4. The van der Waals surface area contributed by atoms with Crippen LogP contribution in [0, 0.1) is 10.8 Å². The van der Waals surface area contributed by atoms with Gasteiger partial charge in [0.2, 0.25) is 0 Å². The number of rotatable bonds is 14. The molecule has 2 N–H and O–H groups in total. The minimum atomic E-state index is -0.915. The van der Waals surface area contributed by atoms with E-state index in [9.17, 15) is 24.6 Å². The maximum atomic E-state index is 13.1. The molecule has 0 aromatic carbocycles. The molecule has 0 amide bonds. The predicted octanol–water partition coefficient (Wildman–Crippen LogP) is 2.51. The van der Waals surface area contributed by atoms with Crippen LogP contribution in [0.3, 0.4) is 0 Å². The number of hydrogen-bond acceptors (Lipinski definition) is 5. The zero-order chi connectivity index (χ0) is 24.7. The van der Waals surface area contributed by atoms with Crippen LogP contribution in [0.5, 0.6) is 0 Å². The molecule has 1 heterocycles. The molecule has 0 radical (unpaired) electrons. The highest BCUT2D eigenvalue weighted by atomic mass is 16.3. The smallest absolute Gasteiger partial charge is 0.336 e. The molecule has 1 aromatic heterocycles. The lowest BCUT2D eigenvalue weighted by atomic mass is 9.79. The zero-order valence-electron chi connectivity index (χ0n) is 20.8. The van der Waals surface area contributed by atoms with Gasteiger partial charge in [0.15, 0.2) is 0 Å². The van der Waals surface area contributed by atoms with E-state index < -0.39 is 29.3 Å². The first-order valence-corrected chi connectivity index (χ1v) is 11.8. The zero-order valence-corrected chi connectivity index (χ0v) is 20.8. The van der Waals surface area contributed by atoms with Gasteiger partial charge < -0.3 is 10.2 Å². The van der Waals surface area contributed by atoms with Gasteiger partial charge in [0, 0.05) is 0 Å². The molecule has 1 aromatic rings. The van der Waals surface area contributed by atoms with E-state index in [1.807, 2.05) is 27.7 Å². The lowest BCUT2D eigenvalue weighted by Crippen LogP contribution is -2.56. The Bertz CT molecular complexity index is 853. The van der Waals surface area contributed by atoms with Crippen molar-refractivity contribution in [3.05, 3.63) is 44.1 Å². The highest BCUT2D eigenvalue weighted by molar-refractivity contribution is 4.86. The summed E-state index contributed by atoms with van der Waals surface area (Å²) in [5.74, 6) is 0. The average molecular weight is 454 g/mol. The topological polar surface area (TPSA) is 106 Å². The first kappa shape index (κ1) is 28.1. The summed E-state index contributed by atoms with van der Waals surface area (Å²) in [4.78, 5) is 38.9. The number of aliphatic hydroxyl groups excluding tert-OH is 2. The van der Waals surface area contributed by atoms with Crippen molar-refractivity contribution in [2.24, 2.45) is 10.8 Å². The summed E-state index contributed by atoms with van der Waals surface area (Å²) < 4.78 is 2.74. The van der Waals surface area contributed by atoms with Gasteiger partial charge in [-0.15, -0.1) is 6.58 Å². The van der Waals surface area contributed by atoms with Crippen LogP contribution >= 0.6 is 0 Å². The fourth-order valence-corrected chi connectivity index (χ4v) is 4.05. The third kappa shape index (κ3) is 6.78. The monoisotopic (exact) mass is 453 g/mol. The maximum absolute atomic E-state index is 13.1. The van der Waals surface area contributed by atoms with Crippen molar-refractivity contribution in [3.63, 3.8) is 0 Å². The molecule has 0 bridgehead atoms. The van der Waals surface area contributed by atoms with Gasteiger partial charge in [0.25, 0.3) is 0 Å². The number of nitrogens with zero attached hydrogens (tertiary/aromatic N) is 3. The van der Waals surface area contributed by atoms with Crippen molar-refractivity contribution in [2.45, 2.75) is 112 Å². The summed E-state index contributed by atoms with van der Waals surface area (Å²) in [5, 5.41) is 21.3. The van der Waals surface area contributed by atoms with Crippen molar-refractivity contribution in [2.75, 3.05) is 0 Å². The van der Waals surface area contributed by atoms with Gasteiger partial charge in [-0.3, -0.25) is 0 Å². The molecule has 0 saturated heterocycles. The second-order valence-electron chi connectivity index (χ2n) is 9.72. The highest BCUT2D eigenvalue weighted by Crippen LogP contribution is 2.32. The molecule has 184 valence electrons. The summed E-state index contributed by atoms with van der Waals surface area (Å²) in [6.45, 7) is 15.4. The molecule has 2 unspecified atom stereocenters. The summed E-state index contributed by atoms with van der Waals surface area (Å²) in [5.41, 5.74) is -2.57. The van der Waals surface area contributed by atoms with E-state index >= 15 is 0 Å². The molecule has 0 aliphatic carbocycles. The second kappa shape index (κ2) is 11.8. The van der Waals surface area contributed by atoms with Gasteiger partial charge in [-0.25, -0.2) is 28.1 Å². The molecule has 8 nitrogen and oxygen atoms in total. The van der Waals surface area contributed by atoms with Crippen molar-refractivity contribution >= 4 is 0 Å². The van der Waals surface area contributed by atoms with Gasteiger partial charge in [-0.1, -0.05) is 73.3 Å². The summed E-state index contributed by atoms with van der Waals surface area (Å²) in [6.07, 6.45) is 3.87. The minimum absolute atomic E-state index is 0.0621. The molecular formula is C24H43N3O5. The Labute approximate surface area is 191 Å². The van der Waals surface area contributed by atoms with Crippen molar-refractivity contribution < 1.29 is 10.2 Å². The molecule has 2 atom stereocenters. The van der Waals surface area contributed by atoms with E-state index in [-0.39, 0.29) is 30.5 Å². The standard InChI is InChI=1S/C24H43N3O5/c1-8-13-25-20(30)26(16-18(28)14-23(6,9-2)10-3)22(32)27(21(25)31)17-19(29)15-24(7,11-4)12-5/h8,18-19,28-29H,1,9-17H2,2-7H3. The molecule has 32 heavy (non-hydrogen) atoms. The van der Waals surface area contributed by atoms with E-state index in [1.54, 1.807) is 0 Å². The molecule has 1 rings (SSSR count). The van der Waals surface area contributed by atoms with Gasteiger partial charge in [-0.05, 0) is 23.7 Å². The predicted molar refractivity (Wildman–Crippen MR) is 128 cm³/mol. The third-order valence-electron chi connectivity index (χ3n) is 7.35. The fourth-order valence-electron chi connectivity index (χ4n) is 4.05. The number of allylic oxidation sites excluding steroid dienone is 1. The van der Waals surface area contributed by atoms with Crippen LogP contribution in [0.1, 0.15) is 80.1 Å². The molecule has 0 fully saturated rings. The van der Waals surface area contributed by atoms with Crippen LogP contribution in [0.4, 0.5) is 0 Å². The molecule has 0 spiro atoms. The van der Waals surface area contributed by atoms with E-state index in [0.29, 0.717) is 12.8 Å². The Hall–Kier alpha value is -1.93. The number of hydrogen-bond donors (Lipinski definition) is 2. The van der Waals surface area contributed by atoms with Crippen LogP contribution in [0.2, 0.25) is 0 Å². The number of aliphatic hydroxyl groups is 2. The summed E-state index contributed by atoms with van der Waals surface area (Å²) in [7, 11) is 0. The quantitative estimate of drug-likeness (QED) is 0.421. The largest absolute Gasteiger partial charge is 0.391 e. The highest BCUT2D eigenvalue weighted by Gasteiger charge is 2.27. The van der Waals surface area contributed by atoms with E-state index in [1.165, 1.54) is 6.08 Å². The molecule has 0 aliphatic rings. The molecule has 0 saturated carbocycles. The van der Waals surface area contributed by atoms with Gasteiger partial charge in [0.1, 0.15) is 0 Å². The maximum Gasteiger partial charge on any atom is 0.336 e. The Morgan fingerprint density at radius 1 is 0.750 bits per heavy atom. The van der Waals surface area contributed by atoms with E-state index in [0.717, 1.165) is 39.4 Å². The Morgan fingerprint density at radius 2 is 1.06 bits per heavy atom. The van der Waals surface area contributed by atoms with E-state index in [4.69, 9.17) is 0 Å². The first-order chi connectivity index (χ1) is 14.9. The van der Waals surface area contributed by atoms with Crippen molar-refractivity contribution in [3.8, 4) is 0 Å². The molecule has 8 heteroatoms. The van der Waals surface area contributed by atoms with Gasteiger partial charge in [-0.2, -0.15) is 0 Å². The van der Waals surface area contributed by atoms with Crippen LogP contribution in [0.15, 0.2) is 27.0 Å². The Morgan fingerprint density at radius 3 is 1.34 bits per heavy atom. The van der Waals surface area contributed by atoms with E-state index in [2.05, 4.69) is 20.4 Å². The van der Waals surface area contributed by atoms with Crippen LogP contribution in [-0.2, 0) is 19.6 Å². The SMILES string of the molecule is C=CCn1c(=O)n(CC(O)CC(C)(CC)CC)c(=O)n(CC(O)CC(C)(CC)CC)c1=O. The number of aromatic nitrogens is 3. The van der Waals surface area contributed by atoms with Crippen molar-refractivity contribution in [1.29, 1.82) is 0 Å². The van der Waals surface area contributed by atoms with Gasteiger partial charge in [0.05, 0.1) is 31.8 Å². The first-order valence-electron chi connectivity index (χ1n) is 11.8. The molecular weight excluding hydrogens is 410 g/mol. The third-order valence-corrected chi connectivity index (χ3v) is 7.35. The summed E-state index contributed by atoms with van der Waals surface area (Å²) >= 11 is 0. The summed E-state index contributed by atoms with van der Waals surface area (Å²) in [6, 6.07) is 0.